The van der Waals surface area contributed by atoms with Crippen LogP contribution in [0.25, 0.3) is 11.0 Å². The third-order valence-corrected chi connectivity index (χ3v) is 4.36. The minimum Gasteiger partial charge on any atom is -0.352 e. The number of halogens is 1. The molecule has 1 aromatic carbocycles. The standard InChI is InChI=1S/C17H24N4O2.ClH/c1-2-10-20-14-5-3-4-6-15(14)21(17(20)23)11-8-16(22)19-13-7-9-18-12-13;/h3-6,13,18H,2,7-12H2,1H3,(H,19,22);1H. The lowest BCUT2D eigenvalue weighted by molar-refractivity contribution is -0.121. The van der Waals surface area contributed by atoms with E-state index in [9.17, 15) is 9.59 Å². The van der Waals surface area contributed by atoms with E-state index < -0.39 is 0 Å². The fourth-order valence-electron chi connectivity index (χ4n) is 3.22. The van der Waals surface area contributed by atoms with E-state index in [2.05, 4.69) is 17.6 Å². The van der Waals surface area contributed by atoms with E-state index in [4.69, 9.17) is 0 Å². The molecule has 1 amide bonds. The highest BCUT2D eigenvalue weighted by Crippen LogP contribution is 2.13. The van der Waals surface area contributed by atoms with Crippen molar-refractivity contribution in [3.05, 3.63) is 34.7 Å². The van der Waals surface area contributed by atoms with Gasteiger partial charge in [0.1, 0.15) is 0 Å². The Labute approximate surface area is 147 Å². The zero-order valence-electron chi connectivity index (χ0n) is 14.0. The van der Waals surface area contributed by atoms with Crippen LogP contribution in [0, 0.1) is 0 Å². The minimum atomic E-state index is -0.0246. The second-order valence-electron chi connectivity index (χ2n) is 6.08. The maximum atomic E-state index is 12.6. The van der Waals surface area contributed by atoms with Crippen molar-refractivity contribution in [2.75, 3.05) is 13.1 Å². The van der Waals surface area contributed by atoms with Crippen LogP contribution in [-0.2, 0) is 17.9 Å². The normalized spacial score (nSPS) is 17.0. The molecule has 2 heterocycles. The van der Waals surface area contributed by atoms with Crippen LogP contribution in [0.4, 0.5) is 0 Å². The van der Waals surface area contributed by atoms with Crippen LogP contribution in [-0.4, -0.2) is 34.2 Å². The quantitative estimate of drug-likeness (QED) is 0.828. The smallest absolute Gasteiger partial charge is 0.329 e. The van der Waals surface area contributed by atoms with E-state index in [0.29, 0.717) is 19.5 Å². The molecule has 1 aromatic heterocycles. The first-order valence-electron chi connectivity index (χ1n) is 8.39. The van der Waals surface area contributed by atoms with Gasteiger partial charge in [0.2, 0.25) is 5.91 Å². The van der Waals surface area contributed by atoms with Gasteiger partial charge < -0.3 is 10.6 Å². The fourth-order valence-corrected chi connectivity index (χ4v) is 3.22. The maximum Gasteiger partial charge on any atom is 0.329 e. The molecule has 1 saturated heterocycles. The van der Waals surface area contributed by atoms with E-state index in [1.807, 2.05) is 24.3 Å². The molecule has 0 spiro atoms. The van der Waals surface area contributed by atoms with Crippen LogP contribution in [0.2, 0.25) is 0 Å². The molecule has 0 aliphatic carbocycles. The second kappa shape index (κ2) is 8.35. The number of carbonyl (C=O) groups excluding carboxylic acids is 1. The maximum absolute atomic E-state index is 12.6. The monoisotopic (exact) mass is 352 g/mol. The van der Waals surface area contributed by atoms with E-state index in [1.54, 1.807) is 9.13 Å². The van der Waals surface area contributed by atoms with Gasteiger partial charge in [0.15, 0.2) is 0 Å². The summed E-state index contributed by atoms with van der Waals surface area (Å²) >= 11 is 0. The number of nitrogens with one attached hydrogen (secondary N) is 2. The molecule has 132 valence electrons. The fraction of sp³-hybridized carbons (Fsp3) is 0.529. The average molecular weight is 353 g/mol. The van der Waals surface area contributed by atoms with Crippen LogP contribution >= 0.6 is 12.4 Å². The van der Waals surface area contributed by atoms with Crippen LogP contribution in [0.5, 0.6) is 0 Å². The lowest BCUT2D eigenvalue weighted by atomic mass is 10.2. The molecule has 1 aliphatic heterocycles. The lowest BCUT2D eigenvalue weighted by Gasteiger charge is -2.11. The number of hydrogen-bond acceptors (Lipinski definition) is 3. The zero-order chi connectivity index (χ0) is 16.2. The summed E-state index contributed by atoms with van der Waals surface area (Å²) in [5, 5.41) is 6.25. The molecule has 7 heteroatoms. The van der Waals surface area contributed by atoms with E-state index in [0.717, 1.165) is 37.0 Å². The highest BCUT2D eigenvalue weighted by atomic mass is 35.5. The van der Waals surface area contributed by atoms with Crippen molar-refractivity contribution in [3.63, 3.8) is 0 Å². The number of benzene rings is 1. The Bertz CT molecular complexity index is 747. The predicted molar refractivity (Wildman–Crippen MR) is 97.8 cm³/mol. The molecule has 6 nitrogen and oxygen atoms in total. The number of para-hydroxylation sites is 2. The van der Waals surface area contributed by atoms with Crippen molar-refractivity contribution in [2.45, 2.75) is 45.3 Å². The number of carbonyl (C=O) groups is 1. The van der Waals surface area contributed by atoms with E-state index in [1.165, 1.54) is 0 Å². The predicted octanol–water partition coefficient (Wildman–Crippen LogP) is 1.50. The molecule has 1 aliphatic rings. The third-order valence-electron chi connectivity index (χ3n) is 4.36. The summed E-state index contributed by atoms with van der Waals surface area (Å²) in [6, 6.07) is 8.01. The topological polar surface area (TPSA) is 68.1 Å². The van der Waals surface area contributed by atoms with Gasteiger partial charge in [-0.2, -0.15) is 0 Å². The van der Waals surface area contributed by atoms with Crippen molar-refractivity contribution in [1.29, 1.82) is 0 Å². The number of aryl methyl sites for hydroxylation is 2. The molecule has 1 fully saturated rings. The largest absolute Gasteiger partial charge is 0.352 e. The van der Waals surface area contributed by atoms with Gasteiger partial charge in [-0.05, 0) is 31.5 Å². The van der Waals surface area contributed by atoms with E-state index >= 15 is 0 Å². The van der Waals surface area contributed by atoms with Gasteiger partial charge in [0.25, 0.3) is 0 Å². The Morgan fingerprint density at radius 2 is 1.92 bits per heavy atom. The van der Waals surface area contributed by atoms with Gasteiger partial charge in [-0.3, -0.25) is 13.9 Å². The Kier molecular flexibility index (Phi) is 6.45. The zero-order valence-corrected chi connectivity index (χ0v) is 14.8. The summed E-state index contributed by atoms with van der Waals surface area (Å²) in [6.45, 7) is 4.96. The SMILES string of the molecule is CCCn1c(=O)n(CCC(=O)NC2CCNC2)c2ccccc21.Cl. The first-order chi connectivity index (χ1) is 11.2. The number of aromatic nitrogens is 2. The van der Waals surface area contributed by atoms with Gasteiger partial charge in [-0.1, -0.05) is 19.1 Å². The molecule has 2 N–H and O–H groups in total. The van der Waals surface area contributed by atoms with Gasteiger partial charge in [0, 0.05) is 32.1 Å². The Morgan fingerprint density at radius 3 is 2.50 bits per heavy atom. The number of imidazole rings is 1. The van der Waals surface area contributed by atoms with Gasteiger partial charge >= 0.3 is 5.69 Å². The highest BCUT2D eigenvalue weighted by Gasteiger charge is 2.17. The van der Waals surface area contributed by atoms with Gasteiger partial charge in [-0.25, -0.2) is 4.79 Å². The Morgan fingerprint density at radius 1 is 1.25 bits per heavy atom. The van der Waals surface area contributed by atoms with E-state index in [-0.39, 0.29) is 30.0 Å². The van der Waals surface area contributed by atoms with Crippen molar-refractivity contribution in [2.24, 2.45) is 0 Å². The Hall–Kier alpha value is -1.79. The van der Waals surface area contributed by atoms with Gasteiger partial charge in [0.05, 0.1) is 11.0 Å². The van der Waals surface area contributed by atoms with Crippen molar-refractivity contribution >= 4 is 29.3 Å². The summed E-state index contributed by atoms with van der Waals surface area (Å²) in [5.41, 5.74) is 1.82. The number of nitrogens with zero attached hydrogens (tertiary/aromatic N) is 2. The number of fused-ring (bicyclic) bond motifs is 1. The first-order valence-corrected chi connectivity index (χ1v) is 8.39. The summed E-state index contributed by atoms with van der Waals surface area (Å²) in [6.07, 6.45) is 2.21. The molecule has 0 radical (unpaired) electrons. The summed E-state index contributed by atoms with van der Waals surface area (Å²) in [7, 11) is 0. The Balaban J connectivity index is 0.00000208. The second-order valence-corrected chi connectivity index (χ2v) is 6.08. The van der Waals surface area contributed by atoms with Crippen LogP contribution in [0.3, 0.4) is 0 Å². The number of rotatable bonds is 6. The first kappa shape index (κ1) is 18.5. The molecule has 0 bridgehead atoms. The summed E-state index contributed by atoms with van der Waals surface area (Å²) in [4.78, 5) is 24.7. The van der Waals surface area contributed by atoms with Crippen LogP contribution in [0.1, 0.15) is 26.2 Å². The van der Waals surface area contributed by atoms with Gasteiger partial charge in [-0.15, -0.1) is 12.4 Å². The molecule has 0 saturated carbocycles. The summed E-state index contributed by atoms with van der Waals surface area (Å²) < 4.78 is 3.52. The molecule has 3 rings (SSSR count). The molecule has 1 unspecified atom stereocenters. The molecule has 2 aromatic rings. The molecular weight excluding hydrogens is 328 g/mol. The van der Waals surface area contributed by atoms with Crippen molar-refractivity contribution < 1.29 is 4.79 Å². The number of amides is 1. The molecular formula is C17H25ClN4O2. The summed E-state index contributed by atoms with van der Waals surface area (Å²) in [5.74, 6) is 0.0120. The minimum absolute atomic E-state index is 0. The van der Waals surface area contributed by atoms with Crippen LogP contribution < -0.4 is 16.3 Å². The van der Waals surface area contributed by atoms with Crippen molar-refractivity contribution in [1.82, 2.24) is 19.8 Å². The molecule has 24 heavy (non-hydrogen) atoms. The average Bonchev–Trinajstić information content (AvgIpc) is 3.14. The van der Waals surface area contributed by atoms with Crippen LogP contribution in [0.15, 0.2) is 29.1 Å². The number of hydrogen-bond donors (Lipinski definition) is 2. The van der Waals surface area contributed by atoms with Crippen molar-refractivity contribution in [3.8, 4) is 0 Å². The molecule has 1 atom stereocenters. The lowest BCUT2D eigenvalue weighted by Crippen LogP contribution is -2.37. The third kappa shape index (κ3) is 3.82. The highest BCUT2D eigenvalue weighted by molar-refractivity contribution is 5.85.